The monoisotopic (exact) mass is 225 g/mol. The highest BCUT2D eigenvalue weighted by atomic mass is 16.5. The topological polar surface area (TPSA) is 61.7 Å². The molecule has 90 valence electrons. The van der Waals surface area contributed by atoms with Crippen LogP contribution in [0.3, 0.4) is 0 Å². The summed E-state index contributed by atoms with van der Waals surface area (Å²) in [6.07, 6.45) is -0.593. The van der Waals surface area contributed by atoms with Crippen LogP contribution >= 0.6 is 0 Å². The lowest BCUT2D eigenvalue weighted by Gasteiger charge is -2.16. The zero-order valence-electron chi connectivity index (χ0n) is 9.68. The van der Waals surface area contributed by atoms with Crippen LogP contribution in [0.2, 0.25) is 0 Å². The molecule has 2 unspecified atom stereocenters. The Morgan fingerprint density at radius 1 is 1.44 bits per heavy atom. The molecule has 0 heterocycles. The van der Waals surface area contributed by atoms with Crippen LogP contribution < -0.4 is 10.1 Å². The number of hydrogen-bond acceptors (Lipinski definition) is 4. The van der Waals surface area contributed by atoms with Crippen LogP contribution in [0.15, 0.2) is 24.3 Å². The van der Waals surface area contributed by atoms with E-state index in [4.69, 9.17) is 9.84 Å². The molecule has 0 fully saturated rings. The Kier molecular flexibility index (Phi) is 5.25. The van der Waals surface area contributed by atoms with E-state index in [1.54, 1.807) is 13.2 Å². The van der Waals surface area contributed by atoms with Gasteiger partial charge in [0.2, 0.25) is 0 Å². The molecule has 0 aliphatic carbocycles. The fourth-order valence-corrected chi connectivity index (χ4v) is 1.34. The van der Waals surface area contributed by atoms with E-state index in [0.29, 0.717) is 6.54 Å². The summed E-state index contributed by atoms with van der Waals surface area (Å²) in [5.41, 5.74) is 0.803. The maximum absolute atomic E-state index is 9.89. The Labute approximate surface area is 95.9 Å². The van der Waals surface area contributed by atoms with Crippen LogP contribution in [0.4, 0.5) is 0 Å². The number of rotatable bonds is 6. The summed E-state index contributed by atoms with van der Waals surface area (Å²) in [4.78, 5) is 0. The van der Waals surface area contributed by atoms with Crippen LogP contribution in [0.1, 0.15) is 18.6 Å². The third-order valence-corrected chi connectivity index (χ3v) is 2.41. The second-order valence-corrected chi connectivity index (χ2v) is 3.78. The molecule has 1 aromatic rings. The predicted octanol–water partition coefficient (Wildman–Crippen LogP) is 0.699. The van der Waals surface area contributed by atoms with Crippen molar-refractivity contribution in [2.45, 2.75) is 19.1 Å². The van der Waals surface area contributed by atoms with E-state index in [9.17, 15) is 5.11 Å². The molecule has 0 aliphatic heterocycles. The number of benzene rings is 1. The zero-order valence-corrected chi connectivity index (χ0v) is 9.68. The van der Waals surface area contributed by atoms with Crippen molar-refractivity contribution in [3.05, 3.63) is 29.8 Å². The van der Waals surface area contributed by atoms with E-state index in [-0.39, 0.29) is 12.6 Å². The average Bonchev–Trinajstić information content (AvgIpc) is 2.35. The van der Waals surface area contributed by atoms with Gasteiger partial charge in [0, 0.05) is 12.6 Å². The van der Waals surface area contributed by atoms with Gasteiger partial charge in [0.15, 0.2) is 0 Å². The standard InChI is InChI=1S/C12H19NO3/c1-9(8-14)13-7-12(15)10-4-3-5-11(6-10)16-2/h3-6,9,12-15H,7-8H2,1-2H3. The van der Waals surface area contributed by atoms with E-state index in [1.807, 2.05) is 25.1 Å². The molecule has 0 saturated heterocycles. The fourth-order valence-electron chi connectivity index (χ4n) is 1.34. The normalized spacial score (nSPS) is 14.5. The minimum Gasteiger partial charge on any atom is -0.497 e. The van der Waals surface area contributed by atoms with Crippen LogP contribution in [0, 0.1) is 0 Å². The molecule has 2 atom stereocenters. The van der Waals surface area contributed by atoms with Gasteiger partial charge in [0.05, 0.1) is 19.8 Å². The van der Waals surface area contributed by atoms with Crippen molar-refractivity contribution in [3.8, 4) is 5.75 Å². The molecule has 0 radical (unpaired) electrons. The Hall–Kier alpha value is -1.10. The van der Waals surface area contributed by atoms with Gasteiger partial charge in [-0.2, -0.15) is 0 Å². The quantitative estimate of drug-likeness (QED) is 0.667. The van der Waals surface area contributed by atoms with E-state index < -0.39 is 6.10 Å². The maximum Gasteiger partial charge on any atom is 0.119 e. The van der Waals surface area contributed by atoms with Crippen molar-refractivity contribution >= 4 is 0 Å². The molecule has 0 bridgehead atoms. The second-order valence-electron chi connectivity index (χ2n) is 3.78. The van der Waals surface area contributed by atoms with Gasteiger partial charge in [-0.25, -0.2) is 0 Å². The molecule has 16 heavy (non-hydrogen) atoms. The number of ether oxygens (including phenoxy) is 1. The summed E-state index contributed by atoms with van der Waals surface area (Å²) < 4.78 is 5.08. The second kappa shape index (κ2) is 6.48. The number of aliphatic hydroxyl groups is 2. The van der Waals surface area contributed by atoms with Crippen LogP contribution in [0.25, 0.3) is 0 Å². The number of methoxy groups -OCH3 is 1. The smallest absolute Gasteiger partial charge is 0.119 e. The van der Waals surface area contributed by atoms with Crippen LogP contribution in [0.5, 0.6) is 5.75 Å². The van der Waals surface area contributed by atoms with Crippen molar-refractivity contribution in [2.75, 3.05) is 20.3 Å². The number of aliphatic hydroxyl groups excluding tert-OH is 2. The Balaban J connectivity index is 2.54. The maximum atomic E-state index is 9.89. The van der Waals surface area contributed by atoms with E-state index in [1.165, 1.54) is 0 Å². The molecule has 1 aromatic carbocycles. The largest absolute Gasteiger partial charge is 0.497 e. The lowest BCUT2D eigenvalue weighted by atomic mass is 10.1. The molecule has 0 aromatic heterocycles. The number of hydrogen-bond donors (Lipinski definition) is 3. The average molecular weight is 225 g/mol. The van der Waals surface area contributed by atoms with Crippen LogP contribution in [-0.4, -0.2) is 36.5 Å². The van der Waals surface area contributed by atoms with Gasteiger partial charge in [-0.1, -0.05) is 12.1 Å². The summed E-state index contributed by atoms with van der Waals surface area (Å²) >= 11 is 0. The molecule has 3 N–H and O–H groups in total. The van der Waals surface area contributed by atoms with Gasteiger partial charge in [-0.3, -0.25) is 0 Å². The van der Waals surface area contributed by atoms with Gasteiger partial charge in [0.25, 0.3) is 0 Å². The van der Waals surface area contributed by atoms with E-state index >= 15 is 0 Å². The molecule has 0 spiro atoms. The van der Waals surface area contributed by atoms with Crippen LogP contribution in [-0.2, 0) is 0 Å². The summed E-state index contributed by atoms with van der Waals surface area (Å²) in [5, 5.41) is 21.7. The zero-order chi connectivity index (χ0) is 12.0. The van der Waals surface area contributed by atoms with E-state index in [2.05, 4.69) is 5.32 Å². The third-order valence-electron chi connectivity index (χ3n) is 2.41. The van der Waals surface area contributed by atoms with Gasteiger partial charge in [-0.15, -0.1) is 0 Å². The molecule has 0 amide bonds. The van der Waals surface area contributed by atoms with Crippen molar-refractivity contribution in [2.24, 2.45) is 0 Å². The minimum atomic E-state index is -0.593. The molecule has 1 rings (SSSR count). The summed E-state index contributed by atoms with van der Waals surface area (Å²) in [7, 11) is 1.59. The first-order valence-electron chi connectivity index (χ1n) is 5.33. The van der Waals surface area contributed by atoms with Crippen molar-refractivity contribution in [1.82, 2.24) is 5.32 Å². The molecule has 4 nitrogen and oxygen atoms in total. The van der Waals surface area contributed by atoms with Gasteiger partial charge < -0.3 is 20.3 Å². The van der Waals surface area contributed by atoms with Crippen molar-refractivity contribution in [1.29, 1.82) is 0 Å². The summed E-state index contributed by atoms with van der Waals surface area (Å²) in [6.45, 7) is 2.33. The molecule has 4 heteroatoms. The third kappa shape index (κ3) is 3.81. The SMILES string of the molecule is COc1cccc(C(O)CNC(C)CO)c1. The number of nitrogens with one attached hydrogen (secondary N) is 1. The molecule has 0 aliphatic rings. The van der Waals surface area contributed by atoms with Gasteiger partial charge >= 0.3 is 0 Å². The Morgan fingerprint density at radius 2 is 2.19 bits per heavy atom. The van der Waals surface area contributed by atoms with E-state index in [0.717, 1.165) is 11.3 Å². The first kappa shape index (κ1) is 13.0. The lowest BCUT2D eigenvalue weighted by Crippen LogP contribution is -2.32. The highest BCUT2D eigenvalue weighted by molar-refractivity contribution is 5.29. The summed E-state index contributed by atoms with van der Waals surface area (Å²) in [5.74, 6) is 0.728. The highest BCUT2D eigenvalue weighted by Crippen LogP contribution is 2.18. The first-order chi connectivity index (χ1) is 7.67. The first-order valence-corrected chi connectivity index (χ1v) is 5.33. The van der Waals surface area contributed by atoms with Crippen molar-refractivity contribution in [3.63, 3.8) is 0 Å². The fraction of sp³-hybridized carbons (Fsp3) is 0.500. The van der Waals surface area contributed by atoms with Crippen molar-refractivity contribution < 1.29 is 14.9 Å². The Morgan fingerprint density at radius 3 is 2.81 bits per heavy atom. The Bertz CT molecular complexity index is 317. The minimum absolute atomic E-state index is 0.0137. The highest BCUT2D eigenvalue weighted by Gasteiger charge is 2.09. The summed E-state index contributed by atoms with van der Waals surface area (Å²) in [6, 6.07) is 7.31. The lowest BCUT2D eigenvalue weighted by molar-refractivity contribution is 0.161. The molecular weight excluding hydrogens is 206 g/mol. The predicted molar refractivity (Wildman–Crippen MR) is 62.5 cm³/mol. The van der Waals surface area contributed by atoms with Gasteiger partial charge in [0.1, 0.15) is 5.75 Å². The van der Waals surface area contributed by atoms with Gasteiger partial charge in [-0.05, 0) is 24.6 Å². The molecule has 0 saturated carbocycles. The molecular formula is C12H19NO3.